The van der Waals surface area contributed by atoms with Crippen molar-refractivity contribution in [3.05, 3.63) is 83.4 Å². The summed E-state index contributed by atoms with van der Waals surface area (Å²) in [7, 11) is 0. The fraction of sp³-hybridized carbons (Fsp3) is 0.375. The Balaban J connectivity index is 1.48. The highest BCUT2D eigenvalue weighted by Gasteiger charge is 2.31. The predicted octanol–water partition coefficient (Wildman–Crippen LogP) is 3.52. The summed E-state index contributed by atoms with van der Waals surface area (Å²) in [4.78, 5) is 22.0. The van der Waals surface area contributed by atoms with Crippen LogP contribution >= 0.6 is 0 Å². The molecule has 3 aromatic rings. The molecule has 1 aliphatic heterocycles. The van der Waals surface area contributed by atoms with Crippen LogP contribution in [-0.2, 0) is 17.8 Å². The molecule has 1 atom stereocenters. The summed E-state index contributed by atoms with van der Waals surface area (Å²) in [6.45, 7) is 5.05. The van der Waals surface area contributed by atoms with E-state index < -0.39 is 0 Å². The van der Waals surface area contributed by atoms with Crippen LogP contribution in [0.4, 0.5) is 0 Å². The van der Waals surface area contributed by atoms with Crippen LogP contribution in [0, 0.1) is 6.92 Å². The average molecular weight is 404 g/mol. The third-order valence-corrected chi connectivity index (χ3v) is 5.67. The van der Waals surface area contributed by atoms with Gasteiger partial charge < -0.3 is 4.90 Å². The van der Waals surface area contributed by atoms with Crippen molar-refractivity contribution in [1.29, 1.82) is 0 Å². The minimum absolute atomic E-state index is 0.0154. The third kappa shape index (κ3) is 5.13. The summed E-state index contributed by atoms with van der Waals surface area (Å²) < 4.78 is 0. The van der Waals surface area contributed by atoms with E-state index >= 15 is 0 Å². The molecule has 1 unspecified atom stereocenters. The van der Waals surface area contributed by atoms with Gasteiger partial charge in [0.2, 0.25) is 5.91 Å². The fourth-order valence-corrected chi connectivity index (χ4v) is 4.08. The van der Waals surface area contributed by atoms with Crippen molar-refractivity contribution in [2.75, 3.05) is 19.6 Å². The first kappa shape index (κ1) is 20.3. The molecular weight excluding hydrogens is 374 g/mol. The standard InChI is InChI=1S/C24H29N5O/c1-19-25-24(27-26-19)22-18-29(23(30)14-13-20-9-4-2-5-10-20)16-8-15-28(22)17-21-11-6-3-7-12-21/h2-7,9-12,22H,8,13-18H2,1H3,(H,25,26,27). The van der Waals surface area contributed by atoms with Gasteiger partial charge in [0.15, 0.2) is 5.82 Å². The summed E-state index contributed by atoms with van der Waals surface area (Å²) in [5, 5.41) is 7.41. The van der Waals surface area contributed by atoms with Gasteiger partial charge in [-0.2, -0.15) is 5.10 Å². The first-order chi connectivity index (χ1) is 14.7. The van der Waals surface area contributed by atoms with Crippen molar-refractivity contribution in [3.63, 3.8) is 0 Å². The molecule has 2 aromatic carbocycles. The second kappa shape index (κ2) is 9.67. The Kier molecular flexibility index (Phi) is 6.54. The zero-order valence-electron chi connectivity index (χ0n) is 17.5. The molecule has 156 valence electrons. The Bertz CT molecular complexity index is 940. The van der Waals surface area contributed by atoms with E-state index in [4.69, 9.17) is 0 Å². The number of aromatic nitrogens is 3. The molecule has 0 radical (unpaired) electrons. The van der Waals surface area contributed by atoms with E-state index in [0.29, 0.717) is 13.0 Å². The van der Waals surface area contributed by atoms with Gasteiger partial charge in [0.05, 0.1) is 6.04 Å². The van der Waals surface area contributed by atoms with Gasteiger partial charge in [-0.3, -0.25) is 14.8 Å². The number of carbonyl (C=O) groups is 1. The molecule has 1 saturated heterocycles. The molecule has 30 heavy (non-hydrogen) atoms. The fourth-order valence-electron chi connectivity index (χ4n) is 4.08. The molecule has 1 aliphatic rings. The Labute approximate surface area is 177 Å². The molecule has 0 spiro atoms. The van der Waals surface area contributed by atoms with Crippen LogP contribution in [0.2, 0.25) is 0 Å². The summed E-state index contributed by atoms with van der Waals surface area (Å²) in [6.07, 6.45) is 2.25. The van der Waals surface area contributed by atoms with Crippen molar-refractivity contribution in [3.8, 4) is 0 Å². The lowest BCUT2D eigenvalue weighted by Crippen LogP contribution is -2.38. The smallest absolute Gasteiger partial charge is 0.222 e. The highest BCUT2D eigenvalue weighted by Crippen LogP contribution is 2.25. The number of amides is 1. The van der Waals surface area contributed by atoms with E-state index in [0.717, 1.165) is 44.1 Å². The van der Waals surface area contributed by atoms with Crippen molar-refractivity contribution in [2.45, 2.75) is 38.8 Å². The third-order valence-electron chi connectivity index (χ3n) is 5.67. The molecule has 4 rings (SSSR count). The minimum Gasteiger partial charge on any atom is -0.341 e. The van der Waals surface area contributed by atoms with Crippen molar-refractivity contribution >= 4 is 5.91 Å². The summed E-state index contributed by atoms with van der Waals surface area (Å²) in [5.41, 5.74) is 2.46. The van der Waals surface area contributed by atoms with E-state index in [-0.39, 0.29) is 11.9 Å². The van der Waals surface area contributed by atoms with Gasteiger partial charge in [0.1, 0.15) is 5.82 Å². The lowest BCUT2D eigenvalue weighted by atomic mass is 10.1. The largest absolute Gasteiger partial charge is 0.341 e. The number of benzene rings is 2. The molecule has 1 aromatic heterocycles. The quantitative estimate of drug-likeness (QED) is 0.684. The lowest BCUT2D eigenvalue weighted by molar-refractivity contribution is -0.131. The number of hydrogen-bond donors (Lipinski definition) is 1. The molecular formula is C24H29N5O. The SMILES string of the molecule is Cc1nc(C2CN(C(=O)CCc3ccccc3)CCCN2Cc2ccccc2)n[nH]1. The number of hydrogen-bond acceptors (Lipinski definition) is 4. The maximum Gasteiger partial charge on any atom is 0.222 e. The summed E-state index contributed by atoms with van der Waals surface area (Å²) >= 11 is 0. The highest BCUT2D eigenvalue weighted by atomic mass is 16.2. The van der Waals surface area contributed by atoms with Crippen LogP contribution in [0.15, 0.2) is 60.7 Å². The zero-order chi connectivity index (χ0) is 20.8. The first-order valence-electron chi connectivity index (χ1n) is 10.7. The second-order valence-electron chi connectivity index (χ2n) is 7.93. The Morgan fingerprint density at radius 3 is 2.40 bits per heavy atom. The van der Waals surface area contributed by atoms with E-state index in [1.165, 1.54) is 11.1 Å². The van der Waals surface area contributed by atoms with Gasteiger partial charge in [0.25, 0.3) is 0 Å². The Hall–Kier alpha value is -2.99. The van der Waals surface area contributed by atoms with Crippen LogP contribution < -0.4 is 0 Å². The van der Waals surface area contributed by atoms with Gasteiger partial charge in [-0.25, -0.2) is 4.98 Å². The maximum atomic E-state index is 13.0. The van der Waals surface area contributed by atoms with Crippen LogP contribution in [0.3, 0.4) is 0 Å². The number of carbonyl (C=O) groups excluding carboxylic acids is 1. The average Bonchev–Trinajstić information content (AvgIpc) is 3.10. The van der Waals surface area contributed by atoms with Gasteiger partial charge in [-0.1, -0.05) is 60.7 Å². The molecule has 6 heteroatoms. The molecule has 2 heterocycles. The first-order valence-corrected chi connectivity index (χ1v) is 10.7. The van der Waals surface area contributed by atoms with Crippen LogP contribution in [-0.4, -0.2) is 50.5 Å². The van der Waals surface area contributed by atoms with Gasteiger partial charge in [-0.05, 0) is 30.9 Å². The molecule has 1 N–H and O–H groups in total. The van der Waals surface area contributed by atoms with Crippen molar-refractivity contribution in [2.24, 2.45) is 0 Å². The van der Waals surface area contributed by atoms with E-state index in [9.17, 15) is 4.79 Å². The Morgan fingerprint density at radius 2 is 1.73 bits per heavy atom. The van der Waals surface area contributed by atoms with E-state index in [1.807, 2.05) is 36.1 Å². The van der Waals surface area contributed by atoms with E-state index in [2.05, 4.69) is 56.5 Å². The van der Waals surface area contributed by atoms with Gasteiger partial charge >= 0.3 is 0 Å². The number of aryl methyl sites for hydroxylation is 2. The maximum absolute atomic E-state index is 13.0. The van der Waals surface area contributed by atoms with Crippen molar-refractivity contribution < 1.29 is 4.79 Å². The van der Waals surface area contributed by atoms with Gasteiger partial charge in [-0.15, -0.1) is 0 Å². The minimum atomic E-state index is -0.0154. The Morgan fingerprint density at radius 1 is 1.03 bits per heavy atom. The topological polar surface area (TPSA) is 65.1 Å². The van der Waals surface area contributed by atoms with Crippen LogP contribution in [0.1, 0.15) is 41.7 Å². The number of aromatic amines is 1. The monoisotopic (exact) mass is 403 g/mol. The number of rotatable bonds is 6. The van der Waals surface area contributed by atoms with Crippen LogP contribution in [0.5, 0.6) is 0 Å². The molecule has 6 nitrogen and oxygen atoms in total. The highest BCUT2D eigenvalue weighted by molar-refractivity contribution is 5.76. The van der Waals surface area contributed by atoms with E-state index in [1.54, 1.807) is 0 Å². The number of nitrogens with zero attached hydrogens (tertiary/aromatic N) is 4. The molecule has 1 fully saturated rings. The predicted molar refractivity (Wildman–Crippen MR) is 117 cm³/mol. The molecule has 0 bridgehead atoms. The van der Waals surface area contributed by atoms with Gasteiger partial charge in [0, 0.05) is 32.6 Å². The normalized spacial score (nSPS) is 17.6. The summed E-state index contributed by atoms with van der Waals surface area (Å²) in [6, 6.07) is 20.7. The van der Waals surface area contributed by atoms with Crippen molar-refractivity contribution in [1.82, 2.24) is 25.0 Å². The molecule has 0 saturated carbocycles. The number of H-pyrrole nitrogens is 1. The lowest BCUT2D eigenvalue weighted by Gasteiger charge is -2.30. The molecule has 0 aliphatic carbocycles. The summed E-state index contributed by atoms with van der Waals surface area (Å²) in [5.74, 6) is 1.78. The zero-order valence-corrected chi connectivity index (χ0v) is 17.5. The number of nitrogens with one attached hydrogen (secondary N) is 1. The van der Waals surface area contributed by atoms with Crippen LogP contribution in [0.25, 0.3) is 0 Å². The second-order valence-corrected chi connectivity index (χ2v) is 7.93. The molecule has 1 amide bonds.